The van der Waals surface area contributed by atoms with Gasteiger partial charge in [-0.1, -0.05) is 12.1 Å². The van der Waals surface area contributed by atoms with E-state index in [0.29, 0.717) is 5.56 Å². The second-order valence-corrected chi connectivity index (χ2v) is 3.27. The third-order valence-corrected chi connectivity index (χ3v) is 2.13. The molecule has 3 nitrogen and oxygen atoms in total. The molecule has 0 unspecified atom stereocenters. The SMILES string of the molecule is CNCCCc1ccc(C(N)=O)cc1.Cl. The van der Waals surface area contributed by atoms with Crippen molar-refractivity contribution < 1.29 is 4.79 Å². The lowest BCUT2D eigenvalue weighted by atomic mass is 10.1. The lowest BCUT2D eigenvalue weighted by Gasteiger charge is -2.01. The van der Waals surface area contributed by atoms with Gasteiger partial charge in [0.1, 0.15) is 0 Å². The Morgan fingerprint density at radius 1 is 1.33 bits per heavy atom. The Balaban J connectivity index is 0.00000196. The normalized spacial score (nSPS) is 9.40. The molecule has 0 heterocycles. The molecule has 0 fully saturated rings. The van der Waals surface area contributed by atoms with E-state index in [1.54, 1.807) is 12.1 Å². The summed E-state index contributed by atoms with van der Waals surface area (Å²) in [6.07, 6.45) is 2.13. The summed E-state index contributed by atoms with van der Waals surface area (Å²) < 4.78 is 0. The standard InChI is InChI=1S/C11H16N2O.ClH/c1-13-8-2-3-9-4-6-10(7-5-9)11(12)14;/h4-7,13H,2-3,8H2,1H3,(H2,12,14);1H. The summed E-state index contributed by atoms with van der Waals surface area (Å²) >= 11 is 0. The number of amides is 1. The topological polar surface area (TPSA) is 55.1 Å². The molecule has 1 rings (SSSR count). The molecule has 0 aliphatic carbocycles. The third-order valence-electron chi connectivity index (χ3n) is 2.13. The predicted octanol–water partition coefficient (Wildman–Crippen LogP) is 1.36. The van der Waals surface area contributed by atoms with Crippen molar-refractivity contribution in [3.8, 4) is 0 Å². The summed E-state index contributed by atoms with van der Waals surface area (Å²) in [5, 5.41) is 3.09. The Morgan fingerprint density at radius 3 is 2.40 bits per heavy atom. The minimum Gasteiger partial charge on any atom is -0.366 e. The molecule has 0 spiro atoms. The van der Waals surface area contributed by atoms with E-state index in [2.05, 4.69) is 5.32 Å². The second kappa shape index (κ2) is 7.26. The monoisotopic (exact) mass is 228 g/mol. The Morgan fingerprint density at radius 2 is 1.93 bits per heavy atom. The highest BCUT2D eigenvalue weighted by Gasteiger charge is 1.99. The van der Waals surface area contributed by atoms with Crippen LogP contribution in [0, 0.1) is 0 Å². The van der Waals surface area contributed by atoms with Crippen LogP contribution >= 0.6 is 12.4 Å². The minimum atomic E-state index is -0.369. The fourth-order valence-corrected chi connectivity index (χ4v) is 1.30. The maximum absolute atomic E-state index is 10.8. The summed E-state index contributed by atoms with van der Waals surface area (Å²) in [7, 11) is 1.94. The zero-order valence-corrected chi connectivity index (χ0v) is 9.64. The highest BCUT2D eigenvalue weighted by atomic mass is 35.5. The number of primary amides is 1. The minimum absolute atomic E-state index is 0. The highest BCUT2D eigenvalue weighted by Crippen LogP contribution is 2.05. The lowest BCUT2D eigenvalue weighted by Crippen LogP contribution is -2.11. The molecular weight excluding hydrogens is 212 g/mol. The Hall–Kier alpha value is -1.06. The van der Waals surface area contributed by atoms with E-state index in [1.165, 1.54) is 5.56 Å². The van der Waals surface area contributed by atoms with E-state index in [0.717, 1.165) is 19.4 Å². The number of carbonyl (C=O) groups is 1. The van der Waals surface area contributed by atoms with Crippen molar-refractivity contribution in [1.82, 2.24) is 5.32 Å². The smallest absolute Gasteiger partial charge is 0.248 e. The molecule has 0 saturated heterocycles. The first-order chi connectivity index (χ1) is 6.74. The van der Waals surface area contributed by atoms with Gasteiger partial charge in [0.15, 0.2) is 0 Å². The van der Waals surface area contributed by atoms with Crippen molar-refractivity contribution in [1.29, 1.82) is 0 Å². The van der Waals surface area contributed by atoms with E-state index >= 15 is 0 Å². The molecule has 1 amide bonds. The molecule has 1 aromatic carbocycles. The number of hydrogen-bond acceptors (Lipinski definition) is 2. The molecule has 1 aromatic rings. The molecule has 4 heteroatoms. The van der Waals surface area contributed by atoms with Crippen LogP contribution in [0.15, 0.2) is 24.3 Å². The molecule has 0 aliphatic heterocycles. The van der Waals surface area contributed by atoms with Crippen molar-refractivity contribution in [2.24, 2.45) is 5.73 Å². The van der Waals surface area contributed by atoms with Gasteiger partial charge in [0.2, 0.25) is 5.91 Å². The summed E-state index contributed by atoms with van der Waals surface area (Å²) in [6, 6.07) is 7.46. The summed E-state index contributed by atoms with van der Waals surface area (Å²) in [5.74, 6) is -0.369. The van der Waals surface area contributed by atoms with Crippen LogP contribution in [0.1, 0.15) is 22.3 Å². The fourth-order valence-electron chi connectivity index (χ4n) is 1.30. The van der Waals surface area contributed by atoms with Crippen molar-refractivity contribution in [3.63, 3.8) is 0 Å². The van der Waals surface area contributed by atoms with Gasteiger partial charge in [-0.2, -0.15) is 0 Å². The largest absolute Gasteiger partial charge is 0.366 e. The van der Waals surface area contributed by atoms with Crippen molar-refractivity contribution >= 4 is 18.3 Å². The number of hydrogen-bond donors (Lipinski definition) is 2. The van der Waals surface area contributed by atoms with Crippen molar-refractivity contribution in [2.45, 2.75) is 12.8 Å². The Labute approximate surface area is 96.5 Å². The molecule has 0 aromatic heterocycles. The number of nitrogens with two attached hydrogens (primary N) is 1. The number of aryl methyl sites for hydroxylation is 1. The van der Waals surface area contributed by atoms with Gasteiger partial charge in [-0.3, -0.25) is 4.79 Å². The molecule has 0 saturated carbocycles. The third kappa shape index (κ3) is 4.81. The maximum Gasteiger partial charge on any atom is 0.248 e. The molecule has 0 radical (unpaired) electrons. The van der Waals surface area contributed by atoms with Crippen LogP contribution in [0.5, 0.6) is 0 Å². The molecule has 15 heavy (non-hydrogen) atoms. The average molecular weight is 229 g/mol. The van der Waals surface area contributed by atoms with E-state index in [4.69, 9.17) is 5.73 Å². The second-order valence-electron chi connectivity index (χ2n) is 3.27. The molecule has 0 bridgehead atoms. The van der Waals surface area contributed by atoms with Crippen LogP contribution < -0.4 is 11.1 Å². The van der Waals surface area contributed by atoms with Crippen LogP contribution in [0.4, 0.5) is 0 Å². The first kappa shape index (κ1) is 13.9. The summed E-state index contributed by atoms with van der Waals surface area (Å²) in [4.78, 5) is 10.8. The first-order valence-electron chi connectivity index (χ1n) is 4.77. The molecule has 0 atom stereocenters. The fraction of sp³-hybridized carbons (Fsp3) is 0.364. The quantitative estimate of drug-likeness (QED) is 0.748. The first-order valence-corrected chi connectivity index (χ1v) is 4.77. The van der Waals surface area contributed by atoms with Gasteiger partial charge in [-0.25, -0.2) is 0 Å². The highest BCUT2D eigenvalue weighted by molar-refractivity contribution is 5.92. The molecule has 84 valence electrons. The van der Waals surface area contributed by atoms with Gasteiger partial charge in [-0.05, 0) is 44.1 Å². The molecular formula is C11H17ClN2O. The van der Waals surface area contributed by atoms with Gasteiger partial charge in [-0.15, -0.1) is 12.4 Å². The number of halogens is 1. The number of carbonyl (C=O) groups excluding carboxylic acids is 1. The zero-order valence-electron chi connectivity index (χ0n) is 8.82. The van der Waals surface area contributed by atoms with Crippen molar-refractivity contribution in [3.05, 3.63) is 35.4 Å². The zero-order chi connectivity index (χ0) is 10.4. The van der Waals surface area contributed by atoms with Gasteiger partial charge in [0.25, 0.3) is 0 Å². The molecule has 3 N–H and O–H groups in total. The van der Waals surface area contributed by atoms with Crippen LogP contribution in [-0.4, -0.2) is 19.5 Å². The van der Waals surface area contributed by atoms with E-state index in [-0.39, 0.29) is 18.3 Å². The van der Waals surface area contributed by atoms with E-state index in [1.807, 2.05) is 19.2 Å². The van der Waals surface area contributed by atoms with Crippen LogP contribution in [0.25, 0.3) is 0 Å². The van der Waals surface area contributed by atoms with E-state index in [9.17, 15) is 4.79 Å². The van der Waals surface area contributed by atoms with E-state index < -0.39 is 0 Å². The van der Waals surface area contributed by atoms with Gasteiger partial charge in [0, 0.05) is 5.56 Å². The number of benzene rings is 1. The van der Waals surface area contributed by atoms with Crippen LogP contribution in [-0.2, 0) is 6.42 Å². The predicted molar refractivity (Wildman–Crippen MR) is 64.5 cm³/mol. The summed E-state index contributed by atoms with van der Waals surface area (Å²) in [6.45, 7) is 1.01. The van der Waals surface area contributed by atoms with Gasteiger partial charge >= 0.3 is 0 Å². The van der Waals surface area contributed by atoms with Crippen LogP contribution in [0.3, 0.4) is 0 Å². The number of rotatable bonds is 5. The maximum atomic E-state index is 10.8. The number of nitrogens with one attached hydrogen (secondary N) is 1. The van der Waals surface area contributed by atoms with Crippen molar-refractivity contribution in [2.75, 3.05) is 13.6 Å². The summed E-state index contributed by atoms with van der Waals surface area (Å²) in [5.41, 5.74) is 6.95. The van der Waals surface area contributed by atoms with Gasteiger partial charge < -0.3 is 11.1 Å². The van der Waals surface area contributed by atoms with Gasteiger partial charge in [0.05, 0.1) is 0 Å². The lowest BCUT2D eigenvalue weighted by molar-refractivity contribution is 0.100. The average Bonchev–Trinajstić information content (AvgIpc) is 2.19. The Bertz CT molecular complexity index is 298. The van der Waals surface area contributed by atoms with Crippen LogP contribution in [0.2, 0.25) is 0 Å². The Kier molecular flexibility index (Phi) is 6.75. The molecule has 0 aliphatic rings.